The lowest BCUT2D eigenvalue weighted by atomic mass is 10.3. The summed E-state index contributed by atoms with van der Waals surface area (Å²) in [5, 5.41) is 3.34. The first kappa shape index (κ1) is 15.7. The molecule has 2 aromatic rings. The maximum absolute atomic E-state index is 12.1. The molecule has 0 fully saturated rings. The number of hydrogen-bond acceptors (Lipinski definition) is 5. The maximum atomic E-state index is 12.1. The minimum absolute atomic E-state index is 0.0312. The highest BCUT2D eigenvalue weighted by Gasteiger charge is 2.17. The lowest BCUT2D eigenvalue weighted by Crippen LogP contribution is -2.08. The molecule has 0 saturated heterocycles. The SMILES string of the molecule is CCc1ncc(Cl)c(Nc2ccccc2S(=O)(=O)CC)n1. The minimum atomic E-state index is -3.33. The van der Waals surface area contributed by atoms with Crippen LogP contribution in [0.5, 0.6) is 0 Å². The van der Waals surface area contributed by atoms with Gasteiger partial charge in [0.2, 0.25) is 0 Å². The summed E-state index contributed by atoms with van der Waals surface area (Å²) < 4.78 is 24.2. The van der Waals surface area contributed by atoms with E-state index in [0.717, 1.165) is 0 Å². The Morgan fingerprint density at radius 3 is 2.62 bits per heavy atom. The van der Waals surface area contributed by atoms with Crippen molar-refractivity contribution in [2.24, 2.45) is 0 Å². The quantitative estimate of drug-likeness (QED) is 0.913. The summed E-state index contributed by atoms with van der Waals surface area (Å²) in [6, 6.07) is 6.70. The van der Waals surface area contributed by atoms with E-state index in [9.17, 15) is 8.42 Å². The molecular formula is C14H16ClN3O2S. The van der Waals surface area contributed by atoms with E-state index in [1.807, 2.05) is 6.92 Å². The third-order valence-corrected chi connectivity index (χ3v) is 5.03. The van der Waals surface area contributed by atoms with Crippen LogP contribution in [0.15, 0.2) is 35.4 Å². The highest BCUT2D eigenvalue weighted by Crippen LogP contribution is 2.28. The second-order valence-electron chi connectivity index (χ2n) is 4.36. The smallest absolute Gasteiger partial charge is 0.180 e. The van der Waals surface area contributed by atoms with Gasteiger partial charge in [0.05, 0.1) is 22.5 Å². The maximum Gasteiger partial charge on any atom is 0.180 e. The van der Waals surface area contributed by atoms with Crippen LogP contribution in [0.2, 0.25) is 5.02 Å². The zero-order valence-electron chi connectivity index (χ0n) is 11.8. The molecule has 0 amide bonds. The molecule has 1 heterocycles. The van der Waals surface area contributed by atoms with Crippen LogP contribution >= 0.6 is 11.6 Å². The summed E-state index contributed by atoms with van der Waals surface area (Å²) >= 11 is 6.07. The highest BCUT2D eigenvalue weighted by molar-refractivity contribution is 7.91. The van der Waals surface area contributed by atoms with Gasteiger partial charge < -0.3 is 5.32 Å². The zero-order valence-corrected chi connectivity index (χ0v) is 13.4. The molecule has 0 aliphatic heterocycles. The fourth-order valence-electron chi connectivity index (χ4n) is 1.79. The van der Waals surface area contributed by atoms with Crippen LogP contribution in [0.4, 0.5) is 11.5 Å². The number of para-hydroxylation sites is 1. The first-order chi connectivity index (χ1) is 9.97. The fourth-order valence-corrected chi connectivity index (χ4v) is 2.98. The number of sulfone groups is 1. The predicted octanol–water partition coefficient (Wildman–Crippen LogP) is 3.23. The summed E-state index contributed by atoms with van der Waals surface area (Å²) in [5.74, 6) is 1.07. The third-order valence-electron chi connectivity index (χ3n) is 2.97. The van der Waals surface area contributed by atoms with Crippen LogP contribution in [0, 0.1) is 0 Å². The summed E-state index contributed by atoms with van der Waals surface area (Å²) in [6.07, 6.45) is 2.17. The van der Waals surface area contributed by atoms with Crippen molar-refractivity contribution < 1.29 is 8.42 Å². The molecule has 0 aliphatic rings. The Hall–Kier alpha value is -1.66. The number of nitrogens with zero attached hydrogens (tertiary/aromatic N) is 2. The van der Waals surface area contributed by atoms with Crippen molar-refractivity contribution in [3.8, 4) is 0 Å². The Morgan fingerprint density at radius 1 is 1.24 bits per heavy atom. The van der Waals surface area contributed by atoms with Crippen molar-refractivity contribution >= 4 is 32.9 Å². The highest BCUT2D eigenvalue weighted by atomic mass is 35.5. The summed E-state index contributed by atoms with van der Waals surface area (Å²) in [5.41, 5.74) is 0.460. The first-order valence-electron chi connectivity index (χ1n) is 6.58. The third kappa shape index (κ3) is 3.51. The van der Waals surface area contributed by atoms with Crippen molar-refractivity contribution in [3.63, 3.8) is 0 Å². The molecule has 7 heteroatoms. The molecule has 1 aromatic carbocycles. The number of nitrogens with one attached hydrogen (secondary N) is 1. The number of benzene rings is 1. The van der Waals surface area contributed by atoms with Crippen molar-refractivity contribution in [1.29, 1.82) is 0 Å². The molecule has 0 spiro atoms. The molecule has 2 rings (SSSR count). The molecule has 0 bridgehead atoms. The van der Waals surface area contributed by atoms with Crippen LogP contribution in [0.1, 0.15) is 19.7 Å². The van der Waals surface area contributed by atoms with E-state index >= 15 is 0 Å². The number of aromatic nitrogens is 2. The normalized spacial score (nSPS) is 11.4. The van der Waals surface area contributed by atoms with E-state index < -0.39 is 9.84 Å². The van der Waals surface area contributed by atoms with Gasteiger partial charge in [-0.3, -0.25) is 0 Å². The Bertz CT molecular complexity index is 748. The van der Waals surface area contributed by atoms with Gasteiger partial charge in [0, 0.05) is 6.42 Å². The second-order valence-corrected chi connectivity index (χ2v) is 7.01. The molecule has 1 aromatic heterocycles. The van der Waals surface area contributed by atoms with Crippen LogP contribution in [0.25, 0.3) is 0 Å². The first-order valence-corrected chi connectivity index (χ1v) is 8.61. The molecular weight excluding hydrogens is 310 g/mol. The van der Waals surface area contributed by atoms with Crippen LogP contribution in [-0.2, 0) is 16.3 Å². The molecule has 21 heavy (non-hydrogen) atoms. The van der Waals surface area contributed by atoms with E-state index in [0.29, 0.717) is 28.8 Å². The van der Waals surface area contributed by atoms with Gasteiger partial charge >= 0.3 is 0 Å². The van der Waals surface area contributed by atoms with Gasteiger partial charge in [0.25, 0.3) is 0 Å². The van der Waals surface area contributed by atoms with Gasteiger partial charge in [-0.15, -0.1) is 0 Å². The summed E-state index contributed by atoms with van der Waals surface area (Å²) in [4.78, 5) is 8.61. The van der Waals surface area contributed by atoms with E-state index in [4.69, 9.17) is 11.6 Å². The van der Waals surface area contributed by atoms with Crippen molar-refractivity contribution in [3.05, 3.63) is 41.3 Å². The van der Waals surface area contributed by atoms with E-state index in [-0.39, 0.29) is 10.6 Å². The molecule has 1 N–H and O–H groups in total. The average molecular weight is 326 g/mol. The standard InChI is InChI=1S/C14H16ClN3O2S/c1-3-13-16-9-10(15)14(18-13)17-11-7-5-6-8-12(11)21(19,20)4-2/h5-9H,3-4H2,1-2H3,(H,16,17,18). The number of aryl methyl sites for hydroxylation is 1. The molecule has 0 atom stereocenters. The van der Waals surface area contributed by atoms with Gasteiger partial charge in [-0.05, 0) is 12.1 Å². The van der Waals surface area contributed by atoms with Crippen molar-refractivity contribution in [1.82, 2.24) is 9.97 Å². The average Bonchev–Trinajstić information content (AvgIpc) is 2.50. The fraction of sp³-hybridized carbons (Fsp3) is 0.286. The number of halogens is 1. The van der Waals surface area contributed by atoms with Gasteiger partial charge in [0.15, 0.2) is 15.7 Å². The molecule has 5 nitrogen and oxygen atoms in total. The van der Waals surface area contributed by atoms with Gasteiger partial charge in [-0.25, -0.2) is 18.4 Å². The zero-order chi connectivity index (χ0) is 15.5. The Balaban J connectivity index is 2.46. The molecule has 0 radical (unpaired) electrons. The van der Waals surface area contributed by atoms with Crippen molar-refractivity contribution in [2.75, 3.05) is 11.1 Å². The topological polar surface area (TPSA) is 72.0 Å². The van der Waals surface area contributed by atoms with Crippen molar-refractivity contribution in [2.45, 2.75) is 25.2 Å². The minimum Gasteiger partial charge on any atom is -0.338 e. The van der Waals surface area contributed by atoms with Gasteiger partial charge in [-0.2, -0.15) is 0 Å². The van der Waals surface area contributed by atoms with E-state index in [1.54, 1.807) is 31.2 Å². The number of anilines is 2. The predicted molar refractivity (Wildman–Crippen MR) is 83.9 cm³/mol. The molecule has 0 unspecified atom stereocenters. The lowest BCUT2D eigenvalue weighted by molar-refractivity contribution is 0.597. The van der Waals surface area contributed by atoms with E-state index in [2.05, 4.69) is 15.3 Å². The molecule has 112 valence electrons. The van der Waals surface area contributed by atoms with Crippen LogP contribution in [-0.4, -0.2) is 24.1 Å². The lowest BCUT2D eigenvalue weighted by Gasteiger charge is -2.12. The van der Waals surface area contributed by atoms with Gasteiger partial charge in [-0.1, -0.05) is 37.6 Å². The van der Waals surface area contributed by atoms with E-state index in [1.165, 1.54) is 6.20 Å². The Morgan fingerprint density at radius 2 is 1.95 bits per heavy atom. The Labute approximate surface area is 129 Å². The Kier molecular flexibility index (Phi) is 4.80. The van der Waals surface area contributed by atoms with Gasteiger partial charge in [0.1, 0.15) is 10.8 Å². The van der Waals surface area contributed by atoms with Crippen LogP contribution in [0.3, 0.4) is 0 Å². The monoisotopic (exact) mass is 325 g/mol. The largest absolute Gasteiger partial charge is 0.338 e. The summed E-state index contributed by atoms with van der Waals surface area (Å²) in [6.45, 7) is 3.54. The summed E-state index contributed by atoms with van der Waals surface area (Å²) in [7, 11) is -3.33. The second kappa shape index (κ2) is 6.41. The van der Waals surface area contributed by atoms with Crippen LogP contribution < -0.4 is 5.32 Å². The number of hydrogen-bond donors (Lipinski definition) is 1. The molecule has 0 aliphatic carbocycles. The molecule has 0 saturated carbocycles. The number of rotatable bonds is 5.